The van der Waals surface area contributed by atoms with Gasteiger partial charge in [0.2, 0.25) is 0 Å². The highest BCUT2D eigenvalue weighted by molar-refractivity contribution is 5.83. The second kappa shape index (κ2) is 7.66. The van der Waals surface area contributed by atoms with Gasteiger partial charge in [-0.05, 0) is 36.8 Å². The molecule has 0 bridgehead atoms. The Morgan fingerprint density at radius 1 is 1.22 bits per heavy atom. The number of rotatable bonds is 5. The summed E-state index contributed by atoms with van der Waals surface area (Å²) in [4.78, 5) is 24.0. The van der Waals surface area contributed by atoms with Crippen LogP contribution in [0.4, 0.5) is 13.2 Å². The first-order valence-electron chi connectivity index (χ1n) is 8.99. The zero-order valence-electron chi connectivity index (χ0n) is 15.0. The van der Waals surface area contributed by atoms with Gasteiger partial charge in [0.1, 0.15) is 5.78 Å². The quantitative estimate of drug-likeness (QED) is 0.785. The first kappa shape index (κ1) is 19.3. The van der Waals surface area contributed by atoms with Crippen molar-refractivity contribution in [2.24, 2.45) is 5.92 Å². The Bertz CT molecular complexity index is 866. The fraction of sp³-hybridized carbons (Fsp3) is 0.450. The molecule has 1 aromatic carbocycles. The fourth-order valence-corrected chi connectivity index (χ4v) is 3.84. The lowest BCUT2D eigenvalue weighted by molar-refractivity contribution is -0.138. The summed E-state index contributed by atoms with van der Waals surface area (Å²) in [7, 11) is 0. The third-order valence-electron chi connectivity index (χ3n) is 5.18. The molecule has 1 unspecified atom stereocenters. The first-order valence-corrected chi connectivity index (χ1v) is 8.99. The Balaban J connectivity index is 1.78. The summed E-state index contributed by atoms with van der Waals surface area (Å²) in [6.45, 7) is 1.69. The number of nitrogens with zero attached hydrogens (tertiary/aromatic N) is 2. The molecule has 3 rings (SSSR count). The highest BCUT2D eigenvalue weighted by Gasteiger charge is 2.32. The minimum atomic E-state index is -4.59. The van der Waals surface area contributed by atoms with Crippen LogP contribution in [0.15, 0.2) is 41.3 Å². The van der Waals surface area contributed by atoms with Gasteiger partial charge in [0, 0.05) is 12.0 Å². The number of aromatic nitrogens is 2. The van der Waals surface area contributed by atoms with Crippen LogP contribution in [0.25, 0.3) is 0 Å². The molecule has 1 saturated carbocycles. The van der Waals surface area contributed by atoms with E-state index in [1.54, 1.807) is 19.1 Å². The molecule has 0 amide bonds. The van der Waals surface area contributed by atoms with Gasteiger partial charge in [-0.1, -0.05) is 37.1 Å². The fourth-order valence-electron chi connectivity index (χ4n) is 3.84. The Morgan fingerprint density at radius 2 is 1.85 bits per heavy atom. The molecule has 1 aliphatic carbocycles. The number of carbonyl (C=O) groups is 1. The van der Waals surface area contributed by atoms with E-state index < -0.39 is 17.3 Å². The zero-order valence-corrected chi connectivity index (χ0v) is 15.0. The molecule has 0 N–H and O–H groups in total. The predicted octanol–water partition coefficient (Wildman–Crippen LogP) is 4.17. The van der Waals surface area contributed by atoms with Crippen molar-refractivity contribution in [3.8, 4) is 0 Å². The highest BCUT2D eigenvalue weighted by Crippen LogP contribution is 2.38. The number of benzene rings is 1. The van der Waals surface area contributed by atoms with E-state index in [-0.39, 0.29) is 18.2 Å². The molecule has 0 saturated heterocycles. The Kier molecular flexibility index (Phi) is 5.48. The van der Waals surface area contributed by atoms with Crippen LogP contribution < -0.4 is 5.56 Å². The highest BCUT2D eigenvalue weighted by atomic mass is 19.4. The van der Waals surface area contributed by atoms with Crippen LogP contribution >= 0.6 is 0 Å². The molecule has 2 aromatic rings. The number of halogens is 3. The van der Waals surface area contributed by atoms with Crippen LogP contribution in [0.5, 0.6) is 0 Å². The van der Waals surface area contributed by atoms with Crippen molar-refractivity contribution in [3.05, 3.63) is 63.6 Å². The van der Waals surface area contributed by atoms with Crippen LogP contribution in [0.2, 0.25) is 0 Å². The van der Waals surface area contributed by atoms with E-state index in [9.17, 15) is 22.8 Å². The third kappa shape index (κ3) is 4.46. The van der Waals surface area contributed by atoms with Gasteiger partial charge in [-0.25, -0.2) is 4.68 Å². The normalized spacial score (nSPS) is 16.4. The van der Waals surface area contributed by atoms with E-state index in [4.69, 9.17) is 0 Å². The second-order valence-corrected chi connectivity index (χ2v) is 7.11. The van der Waals surface area contributed by atoms with Crippen molar-refractivity contribution in [2.45, 2.75) is 51.2 Å². The SMILES string of the molecule is CC(=O)C(c1ccc(Cn2ncc(C(F)(F)F)cc2=O)cc1)C1CCCC1. The van der Waals surface area contributed by atoms with Crippen LogP contribution in [0, 0.1) is 5.92 Å². The lowest BCUT2D eigenvalue weighted by Crippen LogP contribution is -2.25. The maximum atomic E-state index is 12.6. The van der Waals surface area contributed by atoms with Crippen molar-refractivity contribution < 1.29 is 18.0 Å². The summed E-state index contributed by atoms with van der Waals surface area (Å²) in [5.74, 6) is 0.399. The summed E-state index contributed by atoms with van der Waals surface area (Å²) in [5, 5.41) is 3.62. The Morgan fingerprint density at radius 3 is 2.37 bits per heavy atom. The van der Waals surface area contributed by atoms with Crippen molar-refractivity contribution >= 4 is 5.78 Å². The maximum absolute atomic E-state index is 12.6. The van der Waals surface area contributed by atoms with Crippen molar-refractivity contribution in [2.75, 3.05) is 0 Å². The molecule has 0 spiro atoms. The van der Waals surface area contributed by atoms with E-state index in [0.29, 0.717) is 18.2 Å². The molecular formula is C20H21F3N2O2. The van der Waals surface area contributed by atoms with Gasteiger partial charge in [0.25, 0.3) is 5.56 Å². The van der Waals surface area contributed by atoms with Crippen molar-refractivity contribution in [1.82, 2.24) is 9.78 Å². The molecule has 4 nitrogen and oxygen atoms in total. The monoisotopic (exact) mass is 378 g/mol. The standard InChI is InChI=1S/C20H21F3N2O2/c1-13(26)19(15-4-2-3-5-15)16-8-6-14(7-9-16)12-25-18(27)10-17(11-24-25)20(21,22)23/h6-11,15,19H,2-5,12H2,1H3. The van der Waals surface area contributed by atoms with Crippen LogP contribution in [0.3, 0.4) is 0 Å². The summed E-state index contributed by atoms with van der Waals surface area (Å²) < 4.78 is 38.9. The number of carbonyl (C=O) groups excluding carboxylic acids is 1. The van der Waals surface area contributed by atoms with Gasteiger partial charge in [-0.2, -0.15) is 18.3 Å². The maximum Gasteiger partial charge on any atom is 0.418 e. The van der Waals surface area contributed by atoms with Gasteiger partial charge in [-0.3, -0.25) is 9.59 Å². The van der Waals surface area contributed by atoms with Gasteiger partial charge < -0.3 is 0 Å². The second-order valence-electron chi connectivity index (χ2n) is 7.11. The van der Waals surface area contributed by atoms with Gasteiger partial charge in [0.15, 0.2) is 0 Å². The average Bonchev–Trinajstić information content (AvgIpc) is 3.11. The number of Topliss-reactive ketones (excluding diaryl/α,β-unsaturated/α-hetero) is 1. The average molecular weight is 378 g/mol. The molecule has 1 aromatic heterocycles. The molecule has 1 aliphatic rings. The third-order valence-corrected chi connectivity index (χ3v) is 5.18. The first-order chi connectivity index (χ1) is 12.8. The van der Waals surface area contributed by atoms with Gasteiger partial charge >= 0.3 is 6.18 Å². The summed E-state index contributed by atoms with van der Waals surface area (Å²) in [6, 6.07) is 7.88. The van der Waals surface area contributed by atoms with Crippen LogP contribution in [-0.4, -0.2) is 15.6 Å². The zero-order chi connectivity index (χ0) is 19.6. The molecular weight excluding hydrogens is 357 g/mol. The lowest BCUT2D eigenvalue weighted by Gasteiger charge is -2.21. The van der Waals surface area contributed by atoms with Crippen molar-refractivity contribution in [3.63, 3.8) is 0 Å². The molecule has 1 fully saturated rings. The minimum Gasteiger partial charge on any atom is -0.299 e. The minimum absolute atomic E-state index is 0.0748. The number of hydrogen-bond donors (Lipinski definition) is 0. The topological polar surface area (TPSA) is 52.0 Å². The summed E-state index contributed by atoms with van der Waals surface area (Å²) in [5.41, 5.74) is -0.172. The van der Waals surface area contributed by atoms with E-state index in [1.807, 2.05) is 12.1 Å². The van der Waals surface area contributed by atoms with Crippen LogP contribution in [-0.2, 0) is 17.5 Å². The summed E-state index contributed by atoms with van der Waals surface area (Å²) >= 11 is 0. The van der Waals surface area contributed by atoms with Gasteiger partial charge in [-0.15, -0.1) is 0 Å². The van der Waals surface area contributed by atoms with Crippen LogP contribution in [0.1, 0.15) is 55.2 Å². The Labute approximate surface area is 155 Å². The van der Waals surface area contributed by atoms with E-state index in [0.717, 1.165) is 41.5 Å². The molecule has 0 radical (unpaired) electrons. The lowest BCUT2D eigenvalue weighted by atomic mass is 9.82. The smallest absolute Gasteiger partial charge is 0.299 e. The van der Waals surface area contributed by atoms with E-state index >= 15 is 0 Å². The molecule has 27 heavy (non-hydrogen) atoms. The summed E-state index contributed by atoms with van der Waals surface area (Å²) in [6.07, 6.45) is 0.467. The molecule has 144 valence electrons. The number of ketones is 1. The van der Waals surface area contributed by atoms with E-state index in [1.165, 1.54) is 0 Å². The number of alkyl halides is 3. The molecule has 0 aliphatic heterocycles. The largest absolute Gasteiger partial charge is 0.418 e. The number of hydrogen-bond acceptors (Lipinski definition) is 3. The molecule has 1 atom stereocenters. The molecule has 1 heterocycles. The predicted molar refractivity (Wildman–Crippen MR) is 94.4 cm³/mol. The Hall–Kier alpha value is -2.44. The van der Waals surface area contributed by atoms with Crippen molar-refractivity contribution in [1.29, 1.82) is 0 Å². The molecule has 7 heteroatoms. The van der Waals surface area contributed by atoms with E-state index in [2.05, 4.69) is 5.10 Å². The van der Waals surface area contributed by atoms with Gasteiger partial charge in [0.05, 0.1) is 18.3 Å².